The number of halogens is 3. The molecule has 0 aliphatic carbocycles. The summed E-state index contributed by atoms with van der Waals surface area (Å²) in [5.74, 6) is 0. The minimum Gasteiger partial charge on any atom is -0.440 e. The molecule has 6 heteroatoms. The maximum absolute atomic E-state index is 12.0. The lowest BCUT2D eigenvalue weighted by Crippen LogP contribution is -2.36. The van der Waals surface area contributed by atoms with Crippen LogP contribution in [0.1, 0.15) is 12.0 Å². The number of nitrogens with zero attached hydrogens (tertiary/aromatic N) is 1. The van der Waals surface area contributed by atoms with E-state index in [0.29, 0.717) is 13.0 Å². The standard InChI is InChI=1S/C14H14F3NO2/c15-14(16,17)10-20-13(19)18-8-6-12(7-9-18)11-4-2-1-3-5-11/h1-6H,7-10H2. The molecular weight excluding hydrogens is 271 g/mol. The summed E-state index contributed by atoms with van der Waals surface area (Å²) in [6, 6.07) is 9.67. The van der Waals surface area contributed by atoms with Gasteiger partial charge in [-0.15, -0.1) is 0 Å². The van der Waals surface area contributed by atoms with Crippen molar-refractivity contribution in [1.29, 1.82) is 0 Å². The number of ether oxygens (including phenoxy) is 1. The minimum absolute atomic E-state index is 0.265. The maximum atomic E-state index is 12.0. The van der Waals surface area contributed by atoms with Gasteiger partial charge in [-0.3, -0.25) is 0 Å². The van der Waals surface area contributed by atoms with Crippen LogP contribution in [-0.2, 0) is 4.74 Å². The number of benzene rings is 1. The third kappa shape index (κ3) is 4.01. The summed E-state index contributed by atoms with van der Waals surface area (Å²) in [6.45, 7) is -0.921. The highest BCUT2D eigenvalue weighted by atomic mass is 19.4. The van der Waals surface area contributed by atoms with Crippen LogP contribution < -0.4 is 0 Å². The van der Waals surface area contributed by atoms with E-state index in [9.17, 15) is 18.0 Å². The molecule has 0 saturated carbocycles. The van der Waals surface area contributed by atoms with Crippen LogP contribution in [0.3, 0.4) is 0 Å². The summed E-state index contributed by atoms with van der Waals surface area (Å²) in [4.78, 5) is 12.7. The number of carbonyl (C=O) groups is 1. The molecule has 0 saturated heterocycles. The van der Waals surface area contributed by atoms with Crippen molar-refractivity contribution >= 4 is 11.7 Å². The summed E-state index contributed by atoms with van der Waals surface area (Å²) in [7, 11) is 0. The van der Waals surface area contributed by atoms with Gasteiger partial charge >= 0.3 is 12.3 Å². The summed E-state index contributed by atoms with van der Waals surface area (Å²) >= 11 is 0. The predicted octanol–water partition coefficient (Wildman–Crippen LogP) is 3.47. The van der Waals surface area contributed by atoms with Crippen molar-refractivity contribution in [2.75, 3.05) is 19.7 Å². The average molecular weight is 285 g/mol. The van der Waals surface area contributed by atoms with E-state index in [0.717, 1.165) is 11.1 Å². The van der Waals surface area contributed by atoms with Crippen molar-refractivity contribution in [2.24, 2.45) is 0 Å². The van der Waals surface area contributed by atoms with Crippen LogP contribution >= 0.6 is 0 Å². The Morgan fingerprint density at radius 2 is 1.95 bits per heavy atom. The first kappa shape index (κ1) is 14.4. The fourth-order valence-electron chi connectivity index (χ4n) is 1.98. The van der Waals surface area contributed by atoms with Gasteiger partial charge in [0.25, 0.3) is 0 Å². The minimum atomic E-state index is -4.49. The smallest absolute Gasteiger partial charge is 0.422 e. The van der Waals surface area contributed by atoms with Gasteiger partial charge in [0.1, 0.15) is 0 Å². The number of alkyl halides is 3. The van der Waals surface area contributed by atoms with Crippen LogP contribution in [0.15, 0.2) is 36.4 Å². The van der Waals surface area contributed by atoms with Gasteiger partial charge in [-0.25, -0.2) is 4.79 Å². The van der Waals surface area contributed by atoms with E-state index in [1.165, 1.54) is 4.90 Å². The van der Waals surface area contributed by atoms with Gasteiger partial charge in [-0.1, -0.05) is 36.4 Å². The van der Waals surface area contributed by atoms with Crippen molar-refractivity contribution in [3.63, 3.8) is 0 Å². The molecule has 0 N–H and O–H groups in total. The fraction of sp³-hybridized carbons (Fsp3) is 0.357. The Kier molecular flexibility index (Phi) is 4.32. The summed E-state index contributed by atoms with van der Waals surface area (Å²) in [5, 5.41) is 0. The highest BCUT2D eigenvalue weighted by Crippen LogP contribution is 2.22. The molecule has 1 heterocycles. The topological polar surface area (TPSA) is 29.5 Å². The van der Waals surface area contributed by atoms with E-state index < -0.39 is 18.9 Å². The van der Waals surface area contributed by atoms with Crippen LogP contribution in [0.25, 0.3) is 5.57 Å². The molecule has 0 atom stereocenters. The molecule has 1 aromatic carbocycles. The van der Waals surface area contributed by atoms with Gasteiger partial charge in [0.2, 0.25) is 0 Å². The van der Waals surface area contributed by atoms with Gasteiger partial charge in [-0.2, -0.15) is 13.2 Å². The van der Waals surface area contributed by atoms with Crippen LogP contribution in [0.5, 0.6) is 0 Å². The fourth-order valence-corrected chi connectivity index (χ4v) is 1.98. The highest BCUT2D eigenvalue weighted by Gasteiger charge is 2.31. The molecule has 0 fully saturated rings. The highest BCUT2D eigenvalue weighted by molar-refractivity contribution is 5.72. The summed E-state index contributed by atoms with van der Waals surface area (Å²) < 4.78 is 40.1. The van der Waals surface area contributed by atoms with E-state index in [2.05, 4.69) is 4.74 Å². The lowest BCUT2D eigenvalue weighted by atomic mass is 10.00. The third-order valence-corrected chi connectivity index (χ3v) is 2.97. The normalized spacial score (nSPS) is 15.8. The molecule has 0 unspecified atom stereocenters. The molecule has 0 radical (unpaired) electrons. The first-order valence-corrected chi connectivity index (χ1v) is 6.18. The molecular formula is C14H14F3NO2. The van der Waals surface area contributed by atoms with Gasteiger partial charge < -0.3 is 9.64 Å². The van der Waals surface area contributed by atoms with Crippen LogP contribution in [0.2, 0.25) is 0 Å². The van der Waals surface area contributed by atoms with E-state index in [4.69, 9.17) is 0 Å². The van der Waals surface area contributed by atoms with Crippen LogP contribution in [-0.4, -0.2) is 36.9 Å². The molecule has 1 aliphatic rings. The Balaban J connectivity index is 1.90. The van der Waals surface area contributed by atoms with E-state index in [1.807, 2.05) is 36.4 Å². The van der Waals surface area contributed by atoms with Crippen molar-refractivity contribution in [2.45, 2.75) is 12.6 Å². The molecule has 0 aromatic heterocycles. The Morgan fingerprint density at radius 1 is 1.25 bits per heavy atom. The number of hydrogen-bond acceptors (Lipinski definition) is 2. The lowest BCUT2D eigenvalue weighted by Gasteiger charge is -2.26. The molecule has 3 nitrogen and oxygen atoms in total. The molecule has 20 heavy (non-hydrogen) atoms. The monoisotopic (exact) mass is 285 g/mol. The van der Waals surface area contributed by atoms with Crippen molar-refractivity contribution in [1.82, 2.24) is 4.90 Å². The zero-order valence-corrected chi connectivity index (χ0v) is 10.7. The van der Waals surface area contributed by atoms with Gasteiger partial charge in [-0.05, 0) is 17.6 Å². The number of hydrogen-bond donors (Lipinski definition) is 0. The number of amides is 1. The molecule has 108 valence electrons. The molecule has 1 amide bonds. The molecule has 2 rings (SSSR count). The molecule has 1 aromatic rings. The first-order chi connectivity index (χ1) is 9.46. The van der Waals surface area contributed by atoms with Crippen LogP contribution in [0, 0.1) is 0 Å². The number of rotatable bonds is 2. The van der Waals surface area contributed by atoms with E-state index in [-0.39, 0.29) is 6.54 Å². The maximum Gasteiger partial charge on any atom is 0.422 e. The molecule has 0 bridgehead atoms. The molecule has 0 spiro atoms. The Labute approximate surface area is 114 Å². The third-order valence-electron chi connectivity index (χ3n) is 2.97. The SMILES string of the molecule is O=C(OCC(F)(F)F)N1CC=C(c2ccccc2)CC1. The van der Waals surface area contributed by atoms with Crippen molar-refractivity contribution in [3.05, 3.63) is 42.0 Å². The van der Waals surface area contributed by atoms with Gasteiger partial charge in [0, 0.05) is 13.1 Å². The van der Waals surface area contributed by atoms with Crippen LogP contribution in [0.4, 0.5) is 18.0 Å². The Bertz CT molecular complexity index is 497. The zero-order chi connectivity index (χ0) is 14.6. The second kappa shape index (κ2) is 5.98. The predicted molar refractivity (Wildman–Crippen MR) is 68.0 cm³/mol. The zero-order valence-electron chi connectivity index (χ0n) is 10.7. The second-order valence-electron chi connectivity index (χ2n) is 4.46. The van der Waals surface area contributed by atoms with E-state index >= 15 is 0 Å². The van der Waals surface area contributed by atoms with E-state index in [1.54, 1.807) is 0 Å². The van der Waals surface area contributed by atoms with Crippen molar-refractivity contribution < 1.29 is 22.7 Å². The Morgan fingerprint density at radius 3 is 2.50 bits per heavy atom. The quantitative estimate of drug-likeness (QED) is 0.832. The summed E-state index contributed by atoms with van der Waals surface area (Å²) in [5.41, 5.74) is 2.15. The Hall–Kier alpha value is -1.98. The molecule has 1 aliphatic heterocycles. The lowest BCUT2D eigenvalue weighted by molar-refractivity contribution is -0.162. The van der Waals surface area contributed by atoms with Gasteiger partial charge in [0.05, 0.1) is 0 Å². The average Bonchev–Trinajstić information content (AvgIpc) is 2.45. The van der Waals surface area contributed by atoms with Gasteiger partial charge in [0.15, 0.2) is 6.61 Å². The second-order valence-corrected chi connectivity index (χ2v) is 4.46. The number of carbonyl (C=O) groups excluding carboxylic acids is 1. The summed E-state index contributed by atoms with van der Waals surface area (Å²) in [6.07, 6.45) is -2.97. The first-order valence-electron chi connectivity index (χ1n) is 6.18. The van der Waals surface area contributed by atoms with Crippen molar-refractivity contribution in [3.8, 4) is 0 Å². The largest absolute Gasteiger partial charge is 0.440 e.